The highest BCUT2D eigenvalue weighted by Crippen LogP contribution is 2.45. The normalized spacial score (nSPS) is 18.3. The molecule has 43 heavy (non-hydrogen) atoms. The molecule has 0 unspecified atom stereocenters. The van der Waals surface area contributed by atoms with Gasteiger partial charge in [-0.25, -0.2) is 18.9 Å². The Balaban J connectivity index is 1.73. The largest absolute Gasteiger partial charge is 0.507 e. The Labute approximate surface area is 251 Å². The molecule has 1 saturated heterocycles. The first kappa shape index (κ1) is 28.4. The van der Waals surface area contributed by atoms with E-state index in [1.54, 1.807) is 21.9 Å². The summed E-state index contributed by atoms with van der Waals surface area (Å²) in [7, 11) is 1.52. The molecule has 4 aromatic rings. The van der Waals surface area contributed by atoms with Gasteiger partial charge in [-0.1, -0.05) is 24.2 Å². The van der Waals surface area contributed by atoms with Crippen molar-refractivity contribution in [3.05, 3.63) is 70.6 Å². The molecule has 1 N–H and O–H groups in total. The molecule has 0 bridgehead atoms. The first-order chi connectivity index (χ1) is 20.5. The molecule has 0 saturated carbocycles. The van der Waals surface area contributed by atoms with E-state index in [0.29, 0.717) is 16.9 Å². The number of pyridine rings is 2. The van der Waals surface area contributed by atoms with Crippen LogP contribution in [0.1, 0.15) is 26.8 Å². The van der Waals surface area contributed by atoms with E-state index in [2.05, 4.69) is 11.6 Å². The minimum absolute atomic E-state index is 0.0295. The van der Waals surface area contributed by atoms with E-state index in [-0.39, 0.29) is 70.4 Å². The summed E-state index contributed by atoms with van der Waals surface area (Å²) >= 11 is 6.77. The molecule has 5 heterocycles. The Bertz CT molecular complexity index is 1880. The summed E-state index contributed by atoms with van der Waals surface area (Å²) in [5, 5.41) is 11.0. The molecule has 11 nitrogen and oxygen atoms in total. The van der Waals surface area contributed by atoms with Crippen LogP contribution < -0.4 is 15.4 Å². The van der Waals surface area contributed by atoms with Crippen molar-refractivity contribution in [2.45, 2.75) is 38.9 Å². The summed E-state index contributed by atoms with van der Waals surface area (Å²) in [6.07, 6.45) is 4.31. The van der Waals surface area contributed by atoms with Gasteiger partial charge in [0.15, 0.2) is 5.65 Å². The number of aromatic nitrogens is 4. The van der Waals surface area contributed by atoms with Crippen LogP contribution in [0.5, 0.6) is 5.75 Å². The number of amides is 2. The minimum atomic E-state index is -0.793. The van der Waals surface area contributed by atoms with Crippen LogP contribution in [-0.2, 0) is 9.59 Å². The van der Waals surface area contributed by atoms with Crippen molar-refractivity contribution in [3.63, 3.8) is 0 Å². The molecule has 6 rings (SSSR count). The lowest BCUT2D eigenvalue weighted by molar-refractivity contribution is -0.129. The van der Waals surface area contributed by atoms with Crippen LogP contribution >= 0.6 is 11.6 Å². The zero-order valence-corrected chi connectivity index (χ0v) is 24.7. The van der Waals surface area contributed by atoms with Gasteiger partial charge in [-0.05, 0) is 45.0 Å². The van der Waals surface area contributed by atoms with Crippen LogP contribution in [0, 0.1) is 5.82 Å². The Hall–Kier alpha value is -4.71. The molecule has 2 aliphatic heterocycles. The highest BCUT2D eigenvalue weighted by Gasteiger charge is 2.46. The van der Waals surface area contributed by atoms with Crippen molar-refractivity contribution in [1.82, 2.24) is 24.0 Å². The van der Waals surface area contributed by atoms with Gasteiger partial charge in [0.25, 0.3) is 11.5 Å². The van der Waals surface area contributed by atoms with E-state index < -0.39 is 17.4 Å². The highest BCUT2D eigenvalue weighted by molar-refractivity contribution is 6.34. The number of carbonyl (C=O) groups excluding carboxylic acids is 2. The van der Waals surface area contributed by atoms with Gasteiger partial charge < -0.3 is 24.4 Å². The summed E-state index contributed by atoms with van der Waals surface area (Å²) in [5.41, 5.74) is -0.143. The Morgan fingerprint density at radius 3 is 2.65 bits per heavy atom. The smallest absolute Gasteiger partial charge is 0.284 e. The van der Waals surface area contributed by atoms with E-state index in [4.69, 9.17) is 16.6 Å². The van der Waals surface area contributed by atoms with Crippen molar-refractivity contribution in [1.29, 1.82) is 0 Å². The molecule has 2 atom stereocenters. The molecular weight excluding hydrogens is 577 g/mol. The number of imidazole rings is 1. The van der Waals surface area contributed by atoms with Gasteiger partial charge >= 0.3 is 0 Å². The third kappa shape index (κ3) is 4.19. The first-order valence-electron chi connectivity index (χ1n) is 13.7. The Morgan fingerprint density at radius 1 is 1.23 bits per heavy atom. The Morgan fingerprint density at radius 2 is 1.98 bits per heavy atom. The van der Waals surface area contributed by atoms with Crippen molar-refractivity contribution < 1.29 is 19.1 Å². The van der Waals surface area contributed by atoms with Crippen molar-refractivity contribution in [2.24, 2.45) is 0 Å². The number of fused-ring (bicyclic) bond motifs is 5. The second-order valence-electron chi connectivity index (χ2n) is 11.0. The number of hydrogen-bond acceptors (Lipinski definition) is 7. The molecule has 222 valence electrons. The third-order valence-electron chi connectivity index (χ3n) is 8.10. The number of rotatable bonds is 4. The third-order valence-corrected chi connectivity index (χ3v) is 8.38. The van der Waals surface area contributed by atoms with E-state index in [9.17, 15) is 19.5 Å². The first-order valence-corrected chi connectivity index (χ1v) is 14.1. The number of likely N-dealkylation sites (N-methyl/N-ethyl adjacent to an activating group) is 1. The molecule has 2 aliphatic rings. The number of aromatic hydroxyl groups is 1. The highest BCUT2D eigenvalue weighted by atomic mass is 35.5. The van der Waals surface area contributed by atoms with Crippen LogP contribution in [0.2, 0.25) is 5.02 Å². The zero-order valence-electron chi connectivity index (χ0n) is 24.0. The van der Waals surface area contributed by atoms with Gasteiger partial charge in [0.05, 0.1) is 41.0 Å². The Kier molecular flexibility index (Phi) is 6.76. The van der Waals surface area contributed by atoms with Crippen molar-refractivity contribution >= 4 is 45.8 Å². The second-order valence-corrected chi connectivity index (χ2v) is 11.4. The number of carbonyl (C=O) groups is 2. The number of benzene rings is 1. The number of phenols is 1. The molecule has 3 aromatic heterocycles. The number of piperazine rings is 1. The van der Waals surface area contributed by atoms with E-state index in [1.807, 2.05) is 25.7 Å². The molecule has 0 aliphatic carbocycles. The summed E-state index contributed by atoms with van der Waals surface area (Å²) < 4.78 is 18.2. The summed E-state index contributed by atoms with van der Waals surface area (Å²) in [4.78, 5) is 54.6. The fourth-order valence-corrected chi connectivity index (χ4v) is 6.37. The standard InChI is InChI=1S/C30H29ClFN7O4/c1-6-23(41)36-12-16(4)38-20(13-36)29(42)35(5)27-26(38)17-10-18(31)25(24-19(32)8-7-9-21(24)40)34-28(17)39(30(27)43)22-11-33-14-37(22)15(2)3/h6-11,14-16,20,40H,1,12-13H2,2-5H3/t16-,20-/m1/s1. The van der Waals surface area contributed by atoms with E-state index in [0.717, 1.165) is 0 Å². The van der Waals surface area contributed by atoms with Gasteiger partial charge in [0.2, 0.25) is 5.91 Å². The van der Waals surface area contributed by atoms with Crippen LogP contribution in [0.15, 0.2) is 54.2 Å². The number of anilines is 2. The predicted molar refractivity (Wildman–Crippen MR) is 161 cm³/mol. The van der Waals surface area contributed by atoms with Crippen molar-refractivity contribution in [2.75, 3.05) is 29.9 Å². The van der Waals surface area contributed by atoms with Crippen LogP contribution in [0.3, 0.4) is 0 Å². The maximum Gasteiger partial charge on any atom is 0.284 e. The van der Waals surface area contributed by atoms with Crippen LogP contribution in [0.4, 0.5) is 15.8 Å². The minimum Gasteiger partial charge on any atom is -0.507 e. The van der Waals surface area contributed by atoms with E-state index >= 15 is 4.39 Å². The molecule has 0 spiro atoms. The quantitative estimate of drug-likeness (QED) is 0.351. The number of nitrogens with zero attached hydrogens (tertiary/aromatic N) is 7. The summed E-state index contributed by atoms with van der Waals surface area (Å²) in [6, 6.07) is 4.17. The van der Waals surface area contributed by atoms with Gasteiger partial charge in [0.1, 0.15) is 29.1 Å². The summed E-state index contributed by atoms with van der Waals surface area (Å²) in [6.45, 7) is 9.67. The average molecular weight is 606 g/mol. The summed E-state index contributed by atoms with van der Waals surface area (Å²) in [5.74, 6) is -1.38. The maximum absolute atomic E-state index is 15.1. The SMILES string of the molecule is C=CC(=O)N1C[C@@H](C)N2c3c(c(=O)n(-c4cncn4C(C)C)c4nc(-c5c(O)cccc5F)c(Cl)cc34)N(C)C(=O)[C@H]2C1. The fourth-order valence-electron chi connectivity index (χ4n) is 6.12. The fraction of sp³-hybridized carbons (Fsp3) is 0.300. The van der Waals surface area contributed by atoms with Crippen LogP contribution in [-0.4, -0.2) is 73.1 Å². The molecular formula is C30H29ClFN7O4. The lowest BCUT2D eigenvalue weighted by Crippen LogP contribution is -2.66. The van der Waals surface area contributed by atoms with Crippen LogP contribution in [0.25, 0.3) is 28.1 Å². The molecule has 1 fully saturated rings. The van der Waals surface area contributed by atoms with Crippen molar-refractivity contribution in [3.8, 4) is 22.8 Å². The van der Waals surface area contributed by atoms with Gasteiger partial charge in [-0.2, -0.15) is 0 Å². The lowest BCUT2D eigenvalue weighted by atomic mass is 9.97. The van der Waals surface area contributed by atoms with Gasteiger partial charge in [-0.3, -0.25) is 14.4 Å². The van der Waals surface area contributed by atoms with Gasteiger partial charge in [-0.15, -0.1) is 0 Å². The predicted octanol–water partition coefficient (Wildman–Crippen LogP) is 3.90. The lowest BCUT2D eigenvalue weighted by Gasteiger charge is -2.50. The van der Waals surface area contributed by atoms with E-state index in [1.165, 1.54) is 47.0 Å². The topological polar surface area (TPSA) is 117 Å². The zero-order chi connectivity index (χ0) is 30.9. The monoisotopic (exact) mass is 605 g/mol. The molecule has 13 heteroatoms. The maximum atomic E-state index is 15.1. The average Bonchev–Trinajstić information content (AvgIpc) is 3.45. The molecule has 1 aromatic carbocycles. The second kappa shape index (κ2) is 10.2. The number of phenolic OH excluding ortho intramolecular Hbond substituents is 1. The van der Waals surface area contributed by atoms with Gasteiger partial charge in [0, 0.05) is 31.1 Å². The number of hydrogen-bond donors (Lipinski definition) is 1. The number of halogens is 2. The molecule has 0 radical (unpaired) electrons. The molecule has 2 amide bonds.